The molecule has 1 fully saturated rings. The van der Waals surface area contributed by atoms with Gasteiger partial charge in [0.05, 0.1) is 6.04 Å². The van der Waals surface area contributed by atoms with Gasteiger partial charge in [-0.25, -0.2) is 4.79 Å². The molecule has 2 aromatic carbocycles. The second-order valence-corrected chi connectivity index (χ2v) is 6.60. The Morgan fingerprint density at radius 2 is 1.83 bits per heavy atom. The molecule has 1 heterocycles. The first-order valence-electron chi connectivity index (χ1n) is 7.86. The van der Waals surface area contributed by atoms with Crippen molar-refractivity contribution >= 4 is 11.8 Å². The molecule has 23 heavy (non-hydrogen) atoms. The summed E-state index contributed by atoms with van der Waals surface area (Å²) in [6.07, 6.45) is -0.347. The highest BCUT2D eigenvalue weighted by molar-refractivity contribution is 5.69. The average Bonchev–Trinajstić information content (AvgIpc) is 2.57. The molecular formula is C19H22N2O2. The highest BCUT2D eigenvalue weighted by atomic mass is 16.6. The van der Waals surface area contributed by atoms with Crippen molar-refractivity contribution in [2.75, 3.05) is 11.9 Å². The van der Waals surface area contributed by atoms with Crippen LogP contribution in [0.15, 0.2) is 54.6 Å². The van der Waals surface area contributed by atoms with E-state index in [-0.39, 0.29) is 17.6 Å². The lowest BCUT2D eigenvalue weighted by Gasteiger charge is -2.38. The molecule has 1 saturated heterocycles. The van der Waals surface area contributed by atoms with E-state index in [2.05, 4.69) is 60.9 Å². The summed E-state index contributed by atoms with van der Waals surface area (Å²) in [5, 5.41) is 6.33. The molecule has 4 heteroatoms. The lowest BCUT2D eigenvalue weighted by Crippen LogP contribution is -2.46. The molecule has 3 rings (SSSR count). The third-order valence-corrected chi connectivity index (χ3v) is 4.20. The van der Waals surface area contributed by atoms with Gasteiger partial charge in [0, 0.05) is 17.6 Å². The smallest absolute Gasteiger partial charge is 0.407 e. The van der Waals surface area contributed by atoms with Crippen LogP contribution < -0.4 is 10.6 Å². The van der Waals surface area contributed by atoms with E-state index in [0.717, 1.165) is 17.8 Å². The van der Waals surface area contributed by atoms with E-state index < -0.39 is 0 Å². The van der Waals surface area contributed by atoms with Crippen molar-refractivity contribution in [3.63, 3.8) is 0 Å². The molecule has 120 valence electrons. The van der Waals surface area contributed by atoms with Crippen molar-refractivity contribution in [3.8, 4) is 0 Å². The molecule has 1 aliphatic rings. The first-order chi connectivity index (χ1) is 11.0. The largest absolute Gasteiger partial charge is 0.449 e. The molecule has 2 aromatic rings. The number of amides is 1. The summed E-state index contributed by atoms with van der Waals surface area (Å²) in [4.78, 5) is 11.5. The summed E-state index contributed by atoms with van der Waals surface area (Å²) < 4.78 is 5.09. The summed E-state index contributed by atoms with van der Waals surface area (Å²) in [7, 11) is 0. The monoisotopic (exact) mass is 310 g/mol. The van der Waals surface area contributed by atoms with Crippen molar-refractivity contribution < 1.29 is 9.53 Å². The van der Waals surface area contributed by atoms with Crippen LogP contribution in [-0.2, 0) is 11.3 Å². The Morgan fingerprint density at radius 3 is 2.52 bits per heavy atom. The third kappa shape index (κ3) is 3.65. The summed E-state index contributed by atoms with van der Waals surface area (Å²) >= 11 is 0. The van der Waals surface area contributed by atoms with Crippen LogP contribution in [-0.4, -0.2) is 12.7 Å². The van der Waals surface area contributed by atoms with Crippen LogP contribution in [0.3, 0.4) is 0 Å². The zero-order chi connectivity index (χ0) is 16.3. The van der Waals surface area contributed by atoms with Crippen LogP contribution in [0.4, 0.5) is 10.5 Å². The van der Waals surface area contributed by atoms with Crippen LogP contribution in [0.1, 0.15) is 31.0 Å². The summed E-state index contributed by atoms with van der Waals surface area (Å²) in [6, 6.07) is 18.5. The number of cyclic esters (lactones) is 1. The number of ether oxygens (including phenoxy) is 1. The molecular weight excluding hydrogens is 288 g/mol. The molecule has 4 nitrogen and oxygen atoms in total. The van der Waals surface area contributed by atoms with Gasteiger partial charge in [-0.2, -0.15) is 0 Å². The molecule has 1 atom stereocenters. The van der Waals surface area contributed by atoms with Crippen molar-refractivity contribution in [1.29, 1.82) is 0 Å². The molecule has 0 radical (unpaired) electrons. The van der Waals surface area contributed by atoms with Gasteiger partial charge >= 0.3 is 6.09 Å². The average molecular weight is 310 g/mol. The molecule has 0 aliphatic carbocycles. The number of nitrogens with one attached hydrogen (secondary N) is 2. The SMILES string of the molecule is CC1(C)COC(=O)N[C@@H]1c1ccc(NCc2ccccc2)cc1. The quantitative estimate of drug-likeness (QED) is 0.893. The van der Waals surface area contributed by atoms with Gasteiger partial charge in [-0.05, 0) is 23.3 Å². The van der Waals surface area contributed by atoms with Crippen molar-refractivity contribution in [2.45, 2.75) is 26.4 Å². The van der Waals surface area contributed by atoms with Crippen molar-refractivity contribution in [2.24, 2.45) is 5.41 Å². The lowest BCUT2D eigenvalue weighted by molar-refractivity contribution is 0.0387. The number of carbonyl (C=O) groups excluding carboxylic acids is 1. The van der Waals surface area contributed by atoms with Gasteiger partial charge in [-0.1, -0.05) is 56.3 Å². The fourth-order valence-electron chi connectivity index (χ4n) is 2.82. The zero-order valence-corrected chi connectivity index (χ0v) is 13.5. The predicted octanol–water partition coefficient (Wildman–Crippen LogP) is 4.11. The molecule has 1 amide bonds. The second-order valence-electron chi connectivity index (χ2n) is 6.60. The third-order valence-electron chi connectivity index (χ3n) is 4.20. The molecule has 0 bridgehead atoms. The molecule has 2 N–H and O–H groups in total. The van der Waals surface area contributed by atoms with E-state index in [9.17, 15) is 4.79 Å². The zero-order valence-electron chi connectivity index (χ0n) is 13.5. The van der Waals surface area contributed by atoms with E-state index in [1.165, 1.54) is 5.56 Å². The highest BCUT2D eigenvalue weighted by Crippen LogP contribution is 2.36. The van der Waals surface area contributed by atoms with Gasteiger partial charge in [-0.3, -0.25) is 0 Å². The Labute approximate surface area is 136 Å². The minimum atomic E-state index is -0.347. The van der Waals surface area contributed by atoms with Gasteiger partial charge in [0.15, 0.2) is 0 Å². The number of anilines is 1. The van der Waals surface area contributed by atoms with E-state index >= 15 is 0 Å². The summed E-state index contributed by atoms with van der Waals surface area (Å²) in [5.41, 5.74) is 3.27. The van der Waals surface area contributed by atoms with Gasteiger partial charge in [0.25, 0.3) is 0 Å². The molecule has 0 saturated carbocycles. The second kappa shape index (κ2) is 6.32. The van der Waals surface area contributed by atoms with Crippen molar-refractivity contribution in [1.82, 2.24) is 5.32 Å². The minimum absolute atomic E-state index is 0.0353. The maximum absolute atomic E-state index is 11.5. The van der Waals surface area contributed by atoms with Crippen LogP contribution in [0.5, 0.6) is 0 Å². The van der Waals surface area contributed by atoms with E-state index in [4.69, 9.17) is 4.74 Å². The maximum atomic E-state index is 11.5. The van der Waals surface area contributed by atoms with Gasteiger partial charge < -0.3 is 15.4 Å². The van der Waals surface area contributed by atoms with Crippen LogP contribution in [0, 0.1) is 5.41 Å². The van der Waals surface area contributed by atoms with Crippen LogP contribution in [0.25, 0.3) is 0 Å². The normalized spacial score (nSPS) is 19.6. The number of carbonyl (C=O) groups is 1. The lowest BCUT2D eigenvalue weighted by atomic mass is 9.80. The van der Waals surface area contributed by atoms with Crippen molar-refractivity contribution in [3.05, 3.63) is 65.7 Å². The Kier molecular flexibility index (Phi) is 4.24. The van der Waals surface area contributed by atoms with Gasteiger partial charge in [0.2, 0.25) is 0 Å². The molecule has 0 unspecified atom stereocenters. The number of hydrogen-bond donors (Lipinski definition) is 2. The first kappa shape index (κ1) is 15.4. The number of rotatable bonds is 4. The summed E-state index contributed by atoms with van der Waals surface area (Å²) in [5.74, 6) is 0. The van der Waals surface area contributed by atoms with Crippen LogP contribution >= 0.6 is 0 Å². The van der Waals surface area contributed by atoms with E-state index in [1.807, 2.05) is 18.2 Å². The highest BCUT2D eigenvalue weighted by Gasteiger charge is 2.37. The molecule has 0 spiro atoms. The fourth-order valence-corrected chi connectivity index (χ4v) is 2.82. The maximum Gasteiger partial charge on any atom is 0.407 e. The minimum Gasteiger partial charge on any atom is -0.449 e. The Balaban J connectivity index is 1.68. The predicted molar refractivity (Wildman–Crippen MR) is 91.2 cm³/mol. The summed E-state index contributed by atoms with van der Waals surface area (Å²) in [6.45, 7) is 5.41. The van der Waals surface area contributed by atoms with E-state index in [0.29, 0.717) is 6.61 Å². The van der Waals surface area contributed by atoms with Gasteiger partial charge in [0.1, 0.15) is 6.61 Å². The van der Waals surface area contributed by atoms with E-state index in [1.54, 1.807) is 0 Å². The Hall–Kier alpha value is -2.49. The van der Waals surface area contributed by atoms with Gasteiger partial charge in [-0.15, -0.1) is 0 Å². The first-order valence-corrected chi connectivity index (χ1v) is 7.86. The Morgan fingerprint density at radius 1 is 1.13 bits per heavy atom. The molecule has 1 aliphatic heterocycles. The van der Waals surface area contributed by atoms with Crippen LogP contribution in [0.2, 0.25) is 0 Å². The Bertz CT molecular complexity index is 666. The topological polar surface area (TPSA) is 50.4 Å². The number of hydrogen-bond acceptors (Lipinski definition) is 3. The number of benzene rings is 2. The fraction of sp³-hybridized carbons (Fsp3) is 0.316. The molecule has 0 aromatic heterocycles. The standard InChI is InChI=1S/C19H22N2O2/c1-19(2)13-23-18(22)21-17(19)15-8-10-16(11-9-15)20-12-14-6-4-3-5-7-14/h3-11,17,20H,12-13H2,1-2H3,(H,21,22)/t17-/m1/s1. The number of alkyl carbamates (subject to hydrolysis) is 1.